The van der Waals surface area contributed by atoms with Crippen molar-refractivity contribution in [1.82, 2.24) is 15.4 Å². The number of hydrogen-bond donors (Lipinski definition) is 1. The fraction of sp³-hybridized carbons (Fsp3) is 0.700. The van der Waals surface area contributed by atoms with Crippen LogP contribution in [0.4, 0.5) is 0 Å². The lowest BCUT2D eigenvalue weighted by atomic mass is 10.1. The molecule has 0 bridgehead atoms. The van der Waals surface area contributed by atoms with Gasteiger partial charge >= 0.3 is 0 Å². The van der Waals surface area contributed by atoms with Gasteiger partial charge < -0.3 is 0 Å². The molecule has 0 saturated heterocycles. The lowest BCUT2D eigenvalue weighted by Gasteiger charge is -1.99. The van der Waals surface area contributed by atoms with Gasteiger partial charge in [0, 0.05) is 4.86 Å². The van der Waals surface area contributed by atoms with Gasteiger partial charge in [0.2, 0.25) is 0 Å². The Morgan fingerprint density at radius 2 is 2.14 bits per heavy atom. The summed E-state index contributed by atoms with van der Waals surface area (Å²) >= 11 is 5.23. The van der Waals surface area contributed by atoms with Gasteiger partial charge in [0.1, 0.15) is 5.69 Å². The molecule has 0 fully saturated rings. The molecule has 1 aromatic rings. The van der Waals surface area contributed by atoms with Crippen molar-refractivity contribution in [3.05, 3.63) is 11.9 Å². The number of nitrogens with zero attached hydrogens (tertiary/aromatic N) is 2. The van der Waals surface area contributed by atoms with Crippen LogP contribution in [-0.4, -0.2) is 20.3 Å². The van der Waals surface area contributed by atoms with E-state index in [1.54, 1.807) is 6.20 Å². The maximum atomic E-state index is 5.23. The summed E-state index contributed by atoms with van der Waals surface area (Å²) in [6, 6.07) is 0. The standard InChI is InChI=1S/C10H17N3S/c1-2-3-4-5-6-7-10(14)9-8-11-13-12-9/h8H,2-7H2,1H3,(H,11,12,13). The van der Waals surface area contributed by atoms with Crippen molar-refractivity contribution >= 4 is 17.1 Å². The van der Waals surface area contributed by atoms with E-state index in [2.05, 4.69) is 22.3 Å². The van der Waals surface area contributed by atoms with Crippen LogP contribution in [0, 0.1) is 0 Å². The number of nitrogens with one attached hydrogen (secondary N) is 1. The SMILES string of the molecule is CCCCCCCC(=S)c1c[nH]nn1. The van der Waals surface area contributed by atoms with Crippen LogP contribution >= 0.6 is 12.2 Å². The van der Waals surface area contributed by atoms with Crippen LogP contribution in [0.2, 0.25) is 0 Å². The average molecular weight is 211 g/mol. The van der Waals surface area contributed by atoms with Crippen LogP contribution in [0.5, 0.6) is 0 Å². The summed E-state index contributed by atoms with van der Waals surface area (Å²) < 4.78 is 0. The first kappa shape index (κ1) is 11.3. The van der Waals surface area contributed by atoms with Crippen LogP contribution in [0.25, 0.3) is 0 Å². The molecule has 1 heterocycles. The molecule has 0 aromatic carbocycles. The summed E-state index contributed by atoms with van der Waals surface area (Å²) in [6.07, 6.45) is 9.10. The fourth-order valence-electron chi connectivity index (χ4n) is 1.36. The third-order valence-electron chi connectivity index (χ3n) is 2.21. The second kappa shape index (κ2) is 6.65. The smallest absolute Gasteiger partial charge is 0.119 e. The largest absolute Gasteiger partial charge is 0.265 e. The van der Waals surface area contributed by atoms with Crippen LogP contribution in [0.15, 0.2) is 6.20 Å². The molecule has 0 aliphatic heterocycles. The highest BCUT2D eigenvalue weighted by Crippen LogP contribution is 2.08. The Bertz CT molecular complexity index is 256. The van der Waals surface area contributed by atoms with Crippen LogP contribution < -0.4 is 0 Å². The molecule has 0 unspecified atom stereocenters. The minimum Gasteiger partial charge on any atom is -0.265 e. The lowest BCUT2D eigenvalue weighted by molar-refractivity contribution is 0.644. The second-order valence-corrected chi connectivity index (χ2v) is 3.94. The van der Waals surface area contributed by atoms with Crippen LogP contribution in [0.1, 0.15) is 51.1 Å². The molecule has 4 heteroatoms. The zero-order valence-electron chi connectivity index (χ0n) is 8.62. The minimum atomic E-state index is 0.829. The zero-order valence-corrected chi connectivity index (χ0v) is 9.44. The normalized spacial score (nSPS) is 10.4. The van der Waals surface area contributed by atoms with E-state index in [4.69, 9.17) is 12.2 Å². The predicted molar refractivity (Wildman–Crippen MR) is 61.5 cm³/mol. The van der Waals surface area contributed by atoms with E-state index in [0.29, 0.717) is 0 Å². The van der Waals surface area contributed by atoms with Crippen molar-refractivity contribution in [2.24, 2.45) is 0 Å². The molecule has 0 aliphatic rings. The van der Waals surface area contributed by atoms with Gasteiger partial charge in [-0.15, -0.1) is 5.10 Å². The number of H-pyrrole nitrogens is 1. The van der Waals surface area contributed by atoms with E-state index in [-0.39, 0.29) is 0 Å². The Morgan fingerprint density at radius 1 is 1.36 bits per heavy atom. The molecule has 1 aromatic heterocycles. The molecule has 1 rings (SSSR count). The predicted octanol–water partition coefficient (Wildman–Crippen LogP) is 2.88. The van der Waals surface area contributed by atoms with Crippen LogP contribution in [0.3, 0.4) is 0 Å². The van der Waals surface area contributed by atoms with Crippen molar-refractivity contribution in [3.63, 3.8) is 0 Å². The van der Waals surface area contributed by atoms with Crippen molar-refractivity contribution in [2.45, 2.75) is 45.4 Å². The molecule has 3 nitrogen and oxygen atoms in total. The first-order valence-corrected chi connectivity index (χ1v) is 5.65. The molecule has 14 heavy (non-hydrogen) atoms. The molecular weight excluding hydrogens is 194 g/mol. The Labute approximate surface area is 90.3 Å². The number of hydrogen-bond acceptors (Lipinski definition) is 3. The van der Waals surface area contributed by atoms with Gasteiger partial charge in [-0.3, -0.25) is 5.10 Å². The first-order chi connectivity index (χ1) is 6.84. The molecule has 0 amide bonds. The van der Waals surface area contributed by atoms with Gasteiger partial charge in [0.05, 0.1) is 6.20 Å². The Morgan fingerprint density at radius 3 is 2.79 bits per heavy atom. The molecule has 0 aliphatic carbocycles. The van der Waals surface area contributed by atoms with E-state index < -0.39 is 0 Å². The molecule has 0 radical (unpaired) electrons. The quantitative estimate of drug-likeness (QED) is 0.428. The zero-order chi connectivity index (χ0) is 10.2. The van der Waals surface area contributed by atoms with Gasteiger partial charge in [0.15, 0.2) is 0 Å². The molecule has 0 atom stereocenters. The van der Waals surface area contributed by atoms with Gasteiger partial charge in [-0.25, -0.2) is 0 Å². The molecule has 0 spiro atoms. The third-order valence-corrected chi connectivity index (χ3v) is 2.62. The number of aromatic nitrogens is 3. The van der Waals surface area contributed by atoms with Crippen molar-refractivity contribution in [1.29, 1.82) is 0 Å². The van der Waals surface area contributed by atoms with E-state index in [1.165, 1.54) is 32.1 Å². The topological polar surface area (TPSA) is 41.6 Å². The van der Waals surface area contributed by atoms with Gasteiger partial charge in [-0.2, -0.15) is 0 Å². The fourth-order valence-corrected chi connectivity index (χ4v) is 1.60. The third kappa shape index (κ3) is 3.96. The van der Waals surface area contributed by atoms with E-state index in [1.807, 2.05) is 0 Å². The van der Waals surface area contributed by atoms with Crippen molar-refractivity contribution in [3.8, 4) is 0 Å². The summed E-state index contributed by atoms with van der Waals surface area (Å²) in [4.78, 5) is 0.926. The van der Waals surface area contributed by atoms with Gasteiger partial charge in [-0.05, 0) is 12.8 Å². The average Bonchev–Trinajstić information content (AvgIpc) is 2.70. The van der Waals surface area contributed by atoms with E-state index in [9.17, 15) is 0 Å². The summed E-state index contributed by atoms with van der Waals surface area (Å²) in [5, 5.41) is 10.2. The maximum Gasteiger partial charge on any atom is 0.119 e. The van der Waals surface area contributed by atoms with Crippen LogP contribution in [-0.2, 0) is 0 Å². The monoisotopic (exact) mass is 211 g/mol. The Kier molecular flexibility index (Phi) is 5.37. The first-order valence-electron chi connectivity index (χ1n) is 5.24. The summed E-state index contributed by atoms with van der Waals surface area (Å²) in [7, 11) is 0. The number of thiocarbonyl (C=S) groups is 1. The Balaban J connectivity index is 2.10. The highest BCUT2D eigenvalue weighted by atomic mass is 32.1. The number of unbranched alkanes of at least 4 members (excludes halogenated alkanes) is 4. The number of rotatable bonds is 7. The highest BCUT2D eigenvalue weighted by Gasteiger charge is 2.03. The molecular formula is C10H17N3S. The molecule has 1 N–H and O–H groups in total. The lowest BCUT2D eigenvalue weighted by Crippen LogP contribution is -1.97. The second-order valence-electron chi connectivity index (χ2n) is 3.45. The van der Waals surface area contributed by atoms with Crippen molar-refractivity contribution < 1.29 is 0 Å². The molecule has 78 valence electrons. The van der Waals surface area contributed by atoms with Crippen molar-refractivity contribution in [2.75, 3.05) is 0 Å². The highest BCUT2D eigenvalue weighted by molar-refractivity contribution is 7.80. The molecule has 0 saturated carbocycles. The Hall–Kier alpha value is -0.770. The van der Waals surface area contributed by atoms with Gasteiger partial charge in [-0.1, -0.05) is 50.0 Å². The summed E-state index contributed by atoms with van der Waals surface area (Å²) in [5.74, 6) is 0. The number of aromatic amines is 1. The minimum absolute atomic E-state index is 0.829. The summed E-state index contributed by atoms with van der Waals surface area (Å²) in [5.41, 5.74) is 0.829. The van der Waals surface area contributed by atoms with E-state index >= 15 is 0 Å². The maximum absolute atomic E-state index is 5.23. The van der Waals surface area contributed by atoms with Gasteiger partial charge in [0.25, 0.3) is 0 Å². The summed E-state index contributed by atoms with van der Waals surface area (Å²) in [6.45, 7) is 2.22. The van der Waals surface area contributed by atoms with E-state index in [0.717, 1.165) is 17.0 Å².